The minimum Gasteiger partial charge on any atom is -0.329 e. The number of benzene rings is 1. The number of hydrogen-bond acceptors (Lipinski definition) is 2. The van der Waals surface area contributed by atoms with Crippen LogP contribution in [0.4, 0.5) is 5.69 Å². The molecule has 1 aromatic carbocycles. The summed E-state index contributed by atoms with van der Waals surface area (Å²) in [5.74, 6) is -0.0154. The zero-order valence-corrected chi connectivity index (χ0v) is 15.3. The Hall–Kier alpha value is -1.55. The molecule has 1 saturated heterocycles. The first-order chi connectivity index (χ1) is 10.6. The first-order valence-corrected chi connectivity index (χ1v) is 8.35. The average Bonchev–Trinajstić information content (AvgIpc) is 2.43. The molecule has 2 rings (SSSR count). The van der Waals surface area contributed by atoms with E-state index in [9.17, 15) is 9.59 Å². The molecule has 5 heteroatoms. The smallest absolute Gasteiger partial charge is 0.249 e. The fourth-order valence-electron chi connectivity index (χ4n) is 2.77. The van der Waals surface area contributed by atoms with Crippen molar-refractivity contribution in [3.05, 3.63) is 28.8 Å². The fraction of sp³-hybridized carbons (Fsp3) is 0.556. The molecule has 1 fully saturated rings. The maximum absolute atomic E-state index is 12.7. The van der Waals surface area contributed by atoms with Gasteiger partial charge in [0.05, 0.1) is 0 Å². The molecule has 0 N–H and O–H groups in total. The van der Waals surface area contributed by atoms with Crippen LogP contribution in [-0.4, -0.2) is 35.8 Å². The lowest BCUT2D eigenvalue weighted by Crippen LogP contribution is -2.58. The van der Waals surface area contributed by atoms with Gasteiger partial charge in [0, 0.05) is 30.2 Å². The second-order valence-electron chi connectivity index (χ2n) is 7.42. The van der Waals surface area contributed by atoms with Crippen molar-refractivity contribution in [3.63, 3.8) is 0 Å². The van der Waals surface area contributed by atoms with Crippen LogP contribution in [0.15, 0.2) is 18.2 Å². The number of amides is 2. The monoisotopic (exact) mass is 336 g/mol. The van der Waals surface area contributed by atoms with Crippen LogP contribution in [0, 0.1) is 12.3 Å². The van der Waals surface area contributed by atoms with Gasteiger partial charge in [0.25, 0.3) is 0 Å². The highest BCUT2D eigenvalue weighted by Gasteiger charge is 2.36. The van der Waals surface area contributed by atoms with Gasteiger partial charge < -0.3 is 9.80 Å². The van der Waals surface area contributed by atoms with Gasteiger partial charge in [-0.3, -0.25) is 9.59 Å². The lowest BCUT2D eigenvalue weighted by atomic mass is 9.91. The Morgan fingerprint density at radius 2 is 1.96 bits per heavy atom. The molecule has 0 saturated carbocycles. The molecule has 23 heavy (non-hydrogen) atoms. The highest BCUT2D eigenvalue weighted by Crippen LogP contribution is 2.27. The van der Waals surface area contributed by atoms with Crippen molar-refractivity contribution in [2.45, 2.75) is 47.1 Å². The van der Waals surface area contributed by atoms with E-state index in [0.717, 1.165) is 11.3 Å². The van der Waals surface area contributed by atoms with Crippen LogP contribution in [0.3, 0.4) is 0 Å². The molecule has 1 heterocycles. The molecule has 1 aliphatic rings. The van der Waals surface area contributed by atoms with Gasteiger partial charge in [0.1, 0.15) is 6.04 Å². The number of carbonyl (C=O) groups excluding carboxylic acids is 2. The third-order valence-electron chi connectivity index (χ3n) is 4.12. The first kappa shape index (κ1) is 17.8. The summed E-state index contributed by atoms with van der Waals surface area (Å²) in [6.07, 6.45) is 0.445. The van der Waals surface area contributed by atoms with Crippen molar-refractivity contribution in [2.24, 2.45) is 5.41 Å². The summed E-state index contributed by atoms with van der Waals surface area (Å²) >= 11 is 6.17. The maximum Gasteiger partial charge on any atom is 0.249 e. The van der Waals surface area contributed by atoms with E-state index in [-0.39, 0.29) is 17.2 Å². The second kappa shape index (κ2) is 6.52. The molecule has 1 atom stereocenters. The summed E-state index contributed by atoms with van der Waals surface area (Å²) in [4.78, 5) is 28.6. The number of carbonyl (C=O) groups is 2. The molecule has 1 aromatic rings. The number of anilines is 1. The van der Waals surface area contributed by atoms with E-state index < -0.39 is 6.04 Å². The van der Waals surface area contributed by atoms with Crippen molar-refractivity contribution >= 4 is 29.1 Å². The number of piperazine rings is 1. The highest BCUT2D eigenvalue weighted by atomic mass is 35.5. The predicted molar refractivity (Wildman–Crippen MR) is 93.8 cm³/mol. The summed E-state index contributed by atoms with van der Waals surface area (Å²) < 4.78 is 0. The highest BCUT2D eigenvalue weighted by molar-refractivity contribution is 6.31. The van der Waals surface area contributed by atoms with Crippen molar-refractivity contribution in [1.29, 1.82) is 0 Å². The third-order valence-corrected chi connectivity index (χ3v) is 4.53. The zero-order valence-electron chi connectivity index (χ0n) is 14.5. The van der Waals surface area contributed by atoms with Gasteiger partial charge >= 0.3 is 0 Å². The summed E-state index contributed by atoms with van der Waals surface area (Å²) in [7, 11) is 0. The van der Waals surface area contributed by atoms with Crippen LogP contribution in [-0.2, 0) is 9.59 Å². The van der Waals surface area contributed by atoms with E-state index in [0.29, 0.717) is 24.5 Å². The second-order valence-corrected chi connectivity index (χ2v) is 7.83. The third kappa shape index (κ3) is 4.05. The Bertz CT molecular complexity index is 622. The van der Waals surface area contributed by atoms with Crippen LogP contribution in [0.25, 0.3) is 0 Å². The summed E-state index contributed by atoms with van der Waals surface area (Å²) in [6.45, 7) is 10.9. The summed E-state index contributed by atoms with van der Waals surface area (Å²) in [6, 6.07) is 5.18. The Labute approximate surface area is 143 Å². The molecule has 2 amide bonds. The molecule has 126 valence electrons. The quantitative estimate of drug-likeness (QED) is 0.827. The van der Waals surface area contributed by atoms with Crippen molar-refractivity contribution < 1.29 is 9.59 Å². The van der Waals surface area contributed by atoms with Gasteiger partial charge in [-0.05, 0) is 37.0 Å². The topological polar surface area (TPSA) is 40.6 Å². The van der Waals surface area contributed by atoms with Crippen LogP contribution < -0.4 is 4.90 Å². The van der Waals surface area contributed by atoms with Crippen LogP contribution in [0.2, 0.25) is 5.02 Å². The number of nitrogens with zero attached hydrogens (tertiary/aromatic N) is 2. The largest absolute Gasteiger partial charge is 0.329 e. The summed E-state index contributed by atoms with van der Waals surface area (Å²) in [5.41, 5.74) is 1.69. The maximum atomic E-state index is 12.7. The molecule has 4 nitrogen and oxygen atoms in total. The number of aryl methyl sites for hydroxylation is 1. The standard InChI is InChI=1S/C18H25ClN2O2/c1-12-6-7-14(10-15(12)19)21-9-8-20(13(2)17(21)23)16(22)11-18(3,4)5/h6-7,10,13H,8-9,11H2,1-5H3/t13-/m1/s1. The molecular formula is C18H25ClN2O2. The normalized spacial score (nSPS) is 19.2. The van der Waals surface area contributed by atoms with Gasteiger partial charge in [-0.15, -0.1) is 0 Å². The number of halogens is 1. The Morgan fingerprint density at radius 3 is 2.52 bits per heavy atom. The Balaban J connectivity index is 2.15. The van der Waals surface area contributed by atoms with E-state index in [1.807, 2.05) is 45.9 Å². The molecule has 0 aromatic heterocycles. The predicted octanol–water partition coefficient (Wildman–Crippen LogP) is 3.65. The van der Waals surface area contributed by atoms with Crippen LogP contribution >= 0.6 is 11.6 Å². The molecule has 0 radical (unpaired) electrons. The number of rotatable bonds is 2. The van der Waals surface area contributed by atoms with Gasteiger partial charge in [-0.25, -0.2) is 0 Å². The van der Waals surface area contributed by atoms with Gasteiger partial charge in [0.2, 0.25) is 11.8 Å². The molecule has 0 spiro atoms. The first-order valence-electron chi connectivity index (χ1n) is 7.97. The molecule has 0 aliphatic carbocycles. The van der Waals surface area contributed by atoms with E-state index in [2.05, 4.69) is 0 Å². The molecule has 1 aliphatic heterocycles. The van der Waals surface area contributed by atoms with Crippen molar-refractivity contribution in [1.82, 2.24) is 4.90 Å². The van der Waals surface area contributed by atoms with Crippen molar-refractivity contribution in [2.75, 3.05) is 18.0 Å². The zero-order chi connectivity index (χ0) is 17.4. The van der Waals surface area contributed by atoms with Crippen LogP contribution in [0.1, 0.15) is 39.7 Å². The fourth-order valence-corrected chi connectivity index (χ4v) is 2.95. The Morgan fingerprint density at radius 1 is 1.30 bits per heavy atom. The molecular weight excluding hydrogens is 312 g/mol. The van der Waals surface area contributed by atoms with E-state index in [1.54, 1.807) is 16.7 Å². The van der Waals surface area contributed by atoms with Crippen LogP contribution in [0.5, 0.6) is 0 Å². The van der Waals surface area contributed by atoms with Crippen molar-refractivity contribution in [3.8, 4) is 0 Å². The SMILES string of the molecule is Cc1ccc(N2CCN(C(=O)CC(C)(C)C)[C@H](C)C2=O)cc1Cl. The molecule has 0 bridgehead atoms. The van der Waals surface area contributed by atoms with E-state index in [4.69, 9.17) is 11.6 Å². The molecule has 0 unspecified atom stereocenters. The Kier molecular flexibility index (Phi) is 5.04. The van der Waals surface area contributed by atoms with E-state index >= 15 is 0 Å². The van der Waals surface area contributed by atoms with Gasteiger partial charge in [-0.2, -0.15) is 0 Å². The van der Waals surface area contributed by atoms with Gasteiger partial charge in [0.15, 0.2) is 0 Å². The lowest BCUT2D eigenvalue weighted by molar-refractivity contribution is -0.142. The lowest BCUT2D eigenvalue weighted by Gasteiger charge is -2.40. The minimum absolute atomic E-state index is 0.0416. The van der Waals surface area contributed by atoms with E-state index in [1.165, 1.54) is 0 Å². The minimum atomic E-state index is -0.446. The van der Waals surface area contributed by atoms with Gasteiger partial charge in [-0.1, -0.05) is 38.4 Å². The summed E-state index contributed by atoms with van der Waals surface area (Å²) in [5, 5.41) is 0.647. The number of hydrogen-bond donors (Lipinski definition) is 0. The average molecular weight is 337 g/mol.